The molecule has 0 aliphatic heterocycles. The molecule has 0 radical (unpaired) electrons. The second-order valence-electron chi connectivity index (χ2n) is 5.32. The van der Waals surface area contributed by atoms with Crippen LogP contribution in [0.15, 0.2) is 0 Å². The van der Waals surface area contributed by atoms with Gasteiger partial charge in [0.2, 0.25) is 0 Å². The summed E-state index contributed by atoms with van der Waals surface area (Å²) in [4.78, 5) is 22.8. The second kappa shape index (κ2) is 7.20. The zero-order chi connectivity index (χ0) is 14.3. The number of urea groups is 1. The lowest BCUT2D eigenvalue weighted by atomic mass is 9.87. The molecule has 18 heavy (non-hydrogen) atoms. The van der Waals surface area contributed by atoms with Gasteiger partial charge < -0.3 is 20.5 Å². The minimum Gasteiger partial charge on any atom is -0.480 e. The second-order valence-corrected chi connectivity index (χ2v) is 5.32. The molecular formula is C12H24N2O4. The van der Waals surface area contributed by atoms with Crippen molar-refractivity contribution in [1.82, 2.24) is 10.6 Å². The Hall–Kier alpha value is -1.30. The molecule has 0 saturated carbocycles. The Morgan fingerprint density at radius 2 is 1.83 bits per heavy atom. The van der Waals surface area contributed by atoms with Gasteiger partial charge in [-0.15, -0.1) is 0 Å². The highest BCUT2D eigenvalue weighted by molar-refractivity contribution is 5.83. The van der Waals surface area contributed by atoms with E-state index in [1.807, 2.05) is 6.92 Å². The van der Waals surface area contributed by atoms with Crippen LogP contribution in [0.5, 0.6) is 0 Å². The van der Waals surface area contributed by atoms with E-state index in [9.17, 15) is 9.59 Å². The van der Waals surface area contributed by atoms with Crippen LogP contribution in [0.25, 0.3) is 0 Å². The summed E-state index contributed by atoms with van der Waals surface area (Å²) in [6.45, 7) is 7.61. The fourth-order valence-corrected chi connectivity index (χ4v) is 1.47. The van der Waals surface area contributed by atoms with E-state index in [0.717, 1.165) is 0 Å². The van der Waals surface area contributed by atoms with Crippen molar-refractivity contribution in [3.05, 3.63) is 0 Å². The molecule has 0 aliphatic carbocycles. The quantitative estimate of drug-likeness (QED) is 0.670. The standard InChI is InChI=1S/C12H24N2O4/c1-6-8(7-18-5)13-11(17)14-9(10(15)16)12(2,3)4/h8-9H,6-7H2,1-5H3,(H,15,16)(H2,13,14,17)/t8?,9-/m0/s1. The fraction of sp³-hybridized carbons (Fsp3) is 0.833. The van der Waals surface area contributed by atoms with Crippen molar-refractivity contribution in [1.29, 1.82) is 0 Å². The lowest BCUT2D eigenvalue weighted by Crippen LogP contribution is -2.54. The third kappa shape index (κ3) is 5.86. The monoisotopic (exact) mass is 260 g/mol. The number of hydrogen-bond acceptors (Lipinski definition) is 3. The van der Waals surface area contributed by atoms with Crippen LogP contribution in [-0.2, 0) is 9.53 Å². The van der Waals surface area contributed by atoms with Gasteiger partial charge in [0.15, 0.2) is 0 Å². The van der Waals surface area contributed by atoms with Crippen molar-refractivity contribution in [2.45, 2.75) is 46.2 Å². The van der Waals surface area contributed by atoms with E-state index in [-0.39, 0.29) is 6.04 Å². The highest BCUT2D eigenvalue weighted by Gasteiger charge is 2.32. The van der Waals surface area contributed by atoms with Gasteiger partial charge in [0.25, 0.3) is 0 Å². The zero-order valence-corrected chi connectivity index (χ0v) is 11.7. The number of ether oxygens (including phenoxy) is 1. The molecule has 0 aliphatic rings. The largest absolute Gasteiger partial charge is 0.480 e. The van der Waals surface area contributed by atoms with E-state index < -0.39 is 23.5 Å². The minimum atomic E-state index is -1.04. The SMILES string of the molecule is CCC(COC)NC(=O)N[C@@H](C(=O)O)C(C)(C)C. The average Bonchev–Trinajstić information content (AvgIpc) is 2.23. The van der Waals surface area contributed by atoms with Crippen LogP contribution in [-0.4, -0.2) is 42.9 Å². The molecular weight excluding hydrogens is 236 g/mol. The highest BCUT2D eigenvalue weighted by Crippen LogP contribution is 2.19. The number of aliphatic carboxylic acids is 1. The molecule has 1 unspecified atom stereocenters. The van der Waals surface area contributed by atoms with Gasteiger partial charge in [-0.05, 0) is 11.8 Å². The molecule has 0 spiro atoms. The molecule has 0 saturated heterocycles. The maximum atomic E-state index is 11.7. The number of carboxylic acids is 1. The Kier molecular flexibility index (Phi) is 6.68. The van der Waals surface area contributed by atoms with Crippen molar-refractivity contribution in [2.75, 3.05) is 13.7 Å². The van der Waals surface area contributed by atoms with Crippen LogP contribution >= 0.6 is 0 Å². The fourth-order valence-electron chi connectivity index (χ4n) is 1.47. The first kappa shape index (κ1) is 16.7. The molecule has 106 valence electrons. The molecule has 0 aromatic carbocycles. The third-order valence-corrected chi connectivity index (χ3v) is 2.58. The summed E-state index contributed by atoms with van der Waals surface area (Å²) in [5, 5.41) is 14.2. The topological polar surface area (TPSA) is 87.7 Å². The lowest BCUT2D eigenvalue weighted by molar-refractivity contribution is -0.141. The predicted octanol–water partition coefficient (Wildman–Crippen LogP) is 1.21. The van der Waals surface area contributed by atoms with Crippen molar-refractivity contribution >= 4 is 12.0 Å². The first-order valence-electron chi connectivity index (χ1n) is 6.01. The Morgan fingerprint density at radius 1 is 1.28 bits per heavy atom. The van der Waals surface area contributed by atoms with E-state index in [1.165, 1.54) is 0 Å². The van der Waals surface area contributed by atoms with Crippen LogP contribution in [0.2, 0.25) is 0 Å². The molecule has 0 aromatic rings. The summed E-state index contributed by atoms with van der Waals surface area (Å²) >= 11 is 0. The molecule has 0 fully saturated rings. The van der Waals surface area contributed by atoms with Crippen molar-refractivity contribution in [3.63, 3.8) is 0 Å². The molecule has 0 bridgehead atoms. The summed E-state index contributed by atoms with van der Waals surface area (Å²) in [6, 6.07) is -1.54. The van der Waals surface area contributed by atoms with Crippen LogP contribution in [0, 0.1) is 5.41 Å². The van der Waals surface area contributed by atoms with Crippen LogP contribution in [0.3, 0.4) is 0 Å². The minimum absolute atomic E-state index is 0.121. The summed E-state index contributed by atoms with van der Waals surface area (Å²) in [6.07, 6.45) is 0.717. The molecule has 6 nitrogen and oxygen atoms in total. The number of rotatable bonds is 6. The predicted molar refractivity (Wildman–Crippen MR) is 68.5 cm³/mol. The summed E-state index contributed by atoms with van der Waals surface area (Å²) < 4.78 is 4.96. The molecule has 2 amide bonds. The first-order valence-corrected chi connectivity index (χ1v) is 6.01. The van der Waals surface area contributed by atoms with Crippen molar-refractivity contribution in [2.24, 2.45) is 5.41 Å². The Balaban J connectivity index is 4.48. The zero-order valence-electron chi connectivity index (χ0n) is 11.7. The number of nitrogens with one attached hydrogen (secondary N) is 2. The summed E-state index contributed by atoms with van der Waals surface area (Å²) in [5.41, 5.74) is -0.549. The molecule has 3 N–H and O–H groups in total. The van der Waals surface area contributed by atoms with E-state index in [4.69, 9.17) is 9.84 Å². The molecule has 0 rings (SSSR count). The first-order chi connectivity index (χ1) is 8.22. The van der Waals surface area contributed by atoms with Crippen molar-refractivity contribution < 1.29 is 19.4 Å². The third-order valence-electron chi connectivity index (χ3n) is 2.58. The maximum Gasteiger partial charge on any atom is 0.326 e. The van der Waals surface area contributed by atoms with E-state index in [0.29, 0.717) is 13.0 Å². The lowest BCUT2D eigenvalue weighted by Gasteiger charge is -2.28. The number of carboxylic acid groups (broad SMARTS) is 1. The smallest absolute Gasteiger partial charge is 0.326 e. The Bertz CT molecular complexity index is 286. The van der Waals surface area contributed by atoms with Gasteiger partial charge in [0.05, 0.1) is 12.6 Å². The van der Waals surface area contributed by atoms with Gasteiger partial charge in [-0.3, -0.25) is 0 Å². The molecule has 0 heterocycles. The number of carbonyl (C=O) groups excluding carboxylic acids is 1. The number of amides is 2. The number of methoxy groups -OCH3 is 1. The molecule has 0 aromatic heterocycles. The van der Waals surface area contributed by atoms with Gasteiger partial charge in [-0.1, -0.05) is 27.7 Å². The average molecular weight is 260 g/mol. The number of hydrogen-bond donors (Lipinski definition) is 3. The Labute approximate surface area is 108 Å². The number of carbonyl (C=O) groups is 2. The normalized spacial score (nSPS) is 14.7. The summed E-state index contributed by atoms with van der Waals surface area (Å²) in [5.74, 6) is -1.04. The maximum absolute atomic E-state index is 11.7. The summed E-state index contributed by atoms with van der Waals surface area (Å²) in [7, 11) is 1.55. The molecule has 6 heteroatoms. The van der Waals surface area contributed by atoms with Gasteiger partial charge in [-0.2, -0.15) is 0 Å². The van der Waals surface area contributed by atoms with E-state index in [1.54, 1.807) is 27.9 Å². The van der Waals surface area contributed by atoms with Gasteiger partial charge in [-0.25, -0.2) is 9.59 Å². The van der Waals surface area contributed by atoms with Gasteiger partial charge in [0.1, 0.15) is 6.04 Å². The van der Waals surface area contributed by atoms with E-state index >= 15 is 0 Å². The highest BCUT2D eigenvalue weighted by atomic mass is 16.5. The molecule has 2 atom stereocenters. The van der Waals surface area contributed by atoms with E-state index in [2.05, 4.69) is 10.6 Å². The van der Waals surface area contributed by atoms with Gasteiger partial charge in [0, 0.05) is 7.11 Å². The van der Waals surface area contributed by atoms with Gasteiger partial charge >= 0.3 is 12.0 Å². The Morgan fingerprint density at radius 3 is 2.17 bits per heavy atom. The van der Waals surface area contributed by atoms with Crippen LogP contribution in [0.4, 0.5) is 4.79 Å². The van der Waals surface area contributed by atoms with Crippen LogP contribution in [0.1, 0.15) is 34.1 Å². The van der Waals surface area contributed by atoms with Crippen molar-refractivity contribution in [3.8, 4) is 0 Å². The van der Waals surface area contributed by atoms with Crippen LogP contribution < -0.4 is 10.6 Å².